The summed E-state index contributed by atoms with van der Waals surface area (Å²) in [5, 5.41) is 5.54. The van der Waals surface area contributed by atoms with Crippen LogP contribution in [0.1, 0.15) is 36.5 Å². The molecule has 0 unspecified atom stereocenters. The first-order valence-corrected chi connectivity index (χ1v) is 11.1. The van der Waals surface area contributed by atoms with E-state index in [0.29, 0.717) is 0 Å². The molecular weight excluding hydrogens is 394 g/mol. The zero-order chi connectivity index (χ0) is 22.5. The van der Waals surface area contributed by atoms with Crippen LogP contribution in [-0.4, -0.2) is 35.7 Å². The average Bonchev–Trinajstić information content (AvgIpc) is 3.32. The summed E-state index contributed by atoms with van der Waals surface area (Å²) in [6.45, 7) is 9.60. The van der Waals surface area contributed by atoms with Gasteiger partial charge in [-0.1, -0.05) is 36.9 Å². The van der Waals surface area contributed by atoms with Crippen LogP contribution in [0.15, 0.2) is 72.5 Å². The first-order chi connectivity index (χ1) is 15.6. The highest BCUT2D eigenvalue weighted by atomic mass is 15.1. The molecule has 32 heavy (non-hydrogen) atoms. The lowest BCUT2D eigenvalue weighted by Gasteiger charge is -2.16. The number of hydrogen-bond donors (Lipinski definition) is 2. The van der Waals surface area contributed by atoms with E-state index in [1.807, 2.05) is 19.2 Å². The highest BCUT2D eigenvalue weighted by molar-refractivity contribution is 6.23. The van der Waals surface area contributed by atoms with Crippen LogP contribution in [-0.2, 0) is 6.54 Å². The summed E-state index contributed by atoms with van der Waals surface area (Å²) in [6.07, 6.45) is 6.10. The summed E-state index contributed by atoms with van der Waals surface area (Å²) in [5.41, 5.74) is 12.0. The molecule has 0 radical (unpaired) electrons. The Morgan fingerprint density at radius 2 is 1.94 bits per heavy atom. The Bertz CT molecular complexity index is 1190. The van der Waals surface area contributed by atoms with Crippen molar-refractivity contribution in [3.05, 3.63) is 84.2 Å². The van der Waals surface area contributed by atoms with Gasteiger partial charge in [0.25, 0.3) is 0 Å². The molecule has 5 heteroatoms. The van der Waals surface area contributed by atoms with Gasteiger partial charge in [-0.25, -0.2) is 4.98 Å². The van der Waals surface area contributed by atoms with Gasteiger partial charge in [-0.15, -0.1) is 0 Å². The fourth-order valence-electron chi connectivity index (χ4n) is 4.21. The number of benzene rings is 2. The third-order valence-corrected chi connectivity index (χ3v) is 6.08. The first-order valence-electron chi connectivity index (χ1n) is 11.1. The Hall–Kier alpha value is -3.44. The van der Waals surface area contributed by atoms with Crippen molar-refractivity contribution in [2.45, 2.75) is 26.3 Å². The van der Waals surface area contributed by atoms with Crippen LogP contribution in [0, 0.1) is 0 Å². The highest BCUT2D eigenvalue weighted by Crippen LogP contribution is 2.25. The van der Waals surface area contributed by atoms with Gasteiger partial charge >= 0.3 is 0 Å². The minimum absolute atomic E-state index is 0.767. The van der Waals surface area contributed by atoms with Crippen molar-refractivity contribution in [1.29, 1.82) is 0 Å². The Labute approximate surface area is 190 Å². The molecule has 4 rings (SSSR count). The van der Waals surface area contributed by atoms with Gasteiger partial charge < -0.3 is 11.1 Å². The van der Waals surface area contributed by atoms with Crippen LogP contribution in [0.25, 0.3) is 22.0 Å². The molecule has 1 saturated heterocycles. The van der Waals surface area contributed by atoms with Gasteiger partial charge in [-0.05, 0) is 73.1 Å². The molecule has 0 bridgehead atoms. The molecule has 0 saturated carbocycles. The molecule has 1 fully saturated rings. The first kappa shape index (κ1) is 21.8. The molecule has 1 aliphatic heterocycles. The smallest absolute Gasteiger partial charge is 0.130 e. The van der Waals surface area contributed by atoms with Crippen molar-refractivity contribution < 1.29 is 0 Å². The second kappa shape index (κ2) is 9.79. The van der Waals surface area contributed by atoms with Crippen molar-refractivity contribution in [2.75, 3.05) is 25.5 Å². The molecule has 3 N–H and O–H groups in total. The van der Waals surface area contributed by atoms with E-state index in [2.05, 4.69) is 69.2 Å². The molecule has 0 spiro atoms. The van der Waals surface area contributed by atoms with E-state index in [9.17, 15) is 0 Å². The van der Waals surface area contributed by atoms with Crippen LogP contribution < -0.4 is 11.1 Å². The molecule has 0 amide bonds. The minimum atomic E-state index is 0.767. The SMILES string of the molecule is C=C(Nc1cc2cc(C(=CN)C(C)=NC)ccc2cn1)c1cccc(CN2CCCC2)c1. The van der Waals surface area contributed by atoms with Gasteiger partial charge in [0, 0.05) is 48.4 Å². The van der Waals surface area contributed by atoms with Crippen LogP contribution in [0.4, 0.5) is 5.82 Å². The van der Waals surface area contributed by atoms with Gasteiger partial charge in [-0.2, -0.15) is 0 Å². The van der Waals surface area contributed by atoms with E-state index in [-0.39, 0.29) is 0 Å². The molecule has 3 aromatic rings. The zero-order valence-corrected chi connectivity index (χ0v) is 18.9. The van der Waals surface area contributed by atoms with Crippen molar-refractivity contribution in [1.82, 2.24) is 9.88 Å². The molecule has 2 aromatic carbocycles. The summed E-state index contributed by atoms with van der Waals surface area (Å²) >= 11 is 0. The number of nitrogens with zero attached hydrogens (tertiary/aromatic N) is 3. The van der Waals surface area contributed by atoms with E-state index in [1.165, 1.54) is 31.5 Å². The zero-order valence-electron chi connectivity index (χ0n) is 18.9. The molecular formula is C27H31N5. The van der Waals surface area contributed by atoms with E-state index in [4.69, 9.17) is 5.73 Å². The van der Waals surface area contributed by atoms with Crippen molar-refractivity contribution in [3.8, 4) is 0 Å². The van der Waals surface area contributed by atoms with Crippen LogP contribution >= 0.6 is 0 Å². The number of nitrogens with one attached hydrogen (secondary N) is 1. The van der Waals surface area contributed by atoms with Crippen LogP contribution in [0.5, 0.6) is 0 Å². The molecule has 164 valence electrons. The van der Waals surface area contributed by atoms with Crippen LogP contribution in [0.3, 0.4) is 0 Å². The Balaban J connectivity index is 1.54. The predicted molar refractivity (Wildman–Crippen MR) is 137 cm³/mol. The highest BCUT2D eigenvalue weighted by Gasteiger charge is 2.12. The molecule has 1 aliphatic rings. The summed E-state index contributed by atoms with van der Waals surface area (Å²) in [5.74, 6) is 0.767. The third kappa shape index (κ3) is 4.89. The molecule has 1 aromatic heterocycles. The van der Waals surface area contributed by atoms with Crippen LogP contribution in [0.2, 0.25) is 0 Å². The van der Waals surface area contributed by atoms with E-state index < -0.39 is 0 Å². The number of pyridine rings is 1. The average molecular weight is 426 g/mol. The van der Waals surface area contributed by atoms with Gasteiger partial charge in [0.1, 0.15) is 5.82 Å². The topological polar surface area (TPSA) is 66.5 Å². The number of likely N-dealkylation sites (tertiary alicyclic amines) is 1. The standard InChI is InChI=1S/C27H31N5/c1-19(22-8-6-7-21(13-22)18-32-11-4-5-12-32)31-27-15-25-14-23(9-10-24(25)17-30-27)26(16-28)20(2)29-3/h6-10,13-17H,1,4-5,11-12,18,28H2,2-3H3,(H,30,31). The number of aliphatic imine (C=N–C) groups is 1. The normalized spacial score (nSPS) is 15.3. The maximum atomic E-state index is 5.87. The minimum Gasteiger partial charge on any atom is -0.404 e. The van der Waals surface area contributed by atoms with Crippen molar-refractivity contribution >= 4 is 33.6 Å². The van der Waals surface area contributed by atoms with Crippen molar-refractivity contribution in [3.63, 3.8) is 0 Å². The van der Waals surface area contributed by atoms with E-state index in [1.54, 1.807) is 13.2 Å². The second-order valence-electron chi connectivity index (χ2n) is 8.31. The Morgan fingerprint density at radius 1 is 1.12 bits per heavy atom. The number of anilines is 1. The number of hydrogen-bond acceptors (Lipinski definition) is 5. The maximum absolute atomic E-state index is 5.87. The fourth-order valence-corrected chi connectivity index (χ4v) is 4.21. The summed E-state index contributed by atoms with van der Waals surface area (Å²) in [4.78, 5) is 11.4. The second-order valence-corrected chi connectivity index (χ2v) is 8.31. The Kier molecular flexibility index (Phi) is 6.66. The summed E-state index contributed by atoms with van der Waals surface area (Å²) in [6, 6.07) is 16.9. The fraction of sp³-hybridized carbons (Fsp3) is 0.259. The van der Waals surface area contributed by atoms with Crippen molar-refractivity contribution in [2.24, 2.45) is 10.7 Å². The number of rotatable bonds is 7. The number of nitrogens with two attached hydrogens (primary N) is 1. The van der Waals surface area contributed by atoms with E-state index >= 15 is 0 Å². The largest absolute Gasteiger partial charge is 0.404 e. The molecule has 0 aliphatic carbocycles. The third-order valence-electron chi connectivity index (χ3n) is 6.08. The number of allylic oxidation sites excluding steroid dienone is 1. The van der Waals surface area contributed by atoms with E-state index in [0.717, 1.165) is 51.2 Å². The predicted octanol–water partition coefficient (Wildman–Crippen LogP) is 5.30. The van der Waals surface area contributed by atoms with Gasteiger partial charge in [0.15, 0.2) is 0 Å². The summed E-state index contributed by atoms with van der Waals surface area (Å²) in [7, 11) is 1.78. The lowest BCUT2D eigenvalue weighted by Crippen LogP contribution is -2.18. The maximum Gasteiger partial charge on any atom is 0.130 e. The van der Waals surface area contributed by atoms with Gasteiger partial charge in [0.2, 0.25) is 0 Å². The summed E-state index contributed by atoms with van der Waals surface area (Å²) < 4.78 is 0. The molecule has 2 heterocycles. The lowest BCUT2D eigenvalue weighted by atomic mass is 10.00. The Morgan fingerprint density at radius 3 is 2.69 bits per heavy atom. The van der Waals surface area contributed by atoms with Gasteiger partial charge in [-0.3, -0.25) is 9.89 Å². The molecule has 5 nitrogen and oxygen atoms in total. The number of fused-ring (bicyclic) bond motifs is 1. The lowest BCUT2D eigenvalue weighted by molar-refractivity contribution is 0.331. The monoisotopic (exact) mass is 425 g/mol. The molecule has 0 atom stereocenters. The quantitative estimate of drug-likeness (QED) is 0.504. The number of aromatic nitrogens is 1. The van der Waals surface area contributed by atoms with Gasteiger partial charge in [0.05, 0.1) is 0 Å².